The van der Waals surface area contributed by atoms with Gasteiger partial charge in [0.25, 0.3) is 5.91 Å². The smallest absolute Gasteiger partial charge is 0.274 e. The first-order valence-electron chi connectivity index (χ1n) is 5.26. The minimum absolute atomic E-state index is 0.0611. The average molecular weight is 257 g/mol. The van der Waals surface area contributed by atoms with Gasteiger partial charge < -0.3 is 10.4 Å². The maximum atomic E-state index is 13.4. The van der Waals surface area contributed by atoms with E-state index in [4.69, 9.17) is 10.4 Å². The topological polar surface area (TPSA) is 86.0 Å². The fraction of sp³-hybridized carbons (Fsp3) is 0. The standard InChI is InChI=1S/C13H8FN3O2/c14-10-5-9(18)2-4-11(10)17-13(19)12-3-1-8(6-15)7-16-12/h1-5,7,18H,(H,17,19). The maximum absolute atomic E-state index is 13.4. The molecule has 5 nitrogen and oxygen atoms in total. The molecular formula is C13H8FN3O2. The molecule has 6 heteroatoms. The molecule has 0 saturated heterocycles. The number of nitriles is 1. The van der Waals surface area contributed by atoms with Gasteiger partial charge in [0, 0.05) is 12.3 Å². The van der Waals surface area contributed by atoms with Gasteiger partial charge in [-0.25, -0.2) is 9.37 Å². The van der Waals surface area contributed by atoms with Crippen molar-refractivity contribution < 1.29 is 14.3 Å². The number of nitrogens with one attached hydrogen (secondary N) is 1. The number of nitrogens with zero attached hydrogens (tertiary/aromatic N) is 2. The number of carbonyl (C=O) groups is 1. The highest BCUT2D eigenvalue weighted by molar-refractivity contribution is 6.02. The lowest BCUT2D eigenvalue weighted by molar-refractivity contribution is 0.102. The van der Waals surface area contributed by atoms with Gasteiger partial charge >= 0.3 is 0 Å². The molecule has 1 aromatic carbocycles. The number of pyridine rings is 1. The largest absolute Gasteiger partial charge is 0.508 e. The van der Waals surface area contributed by atoms with Crippen LogP contribution in [-0.2, 0) is 0 Å². The number of carbonyl (C=O) groups excluding carboxylic acids is 1. The molecule has 2 rings (SSSR count). The van der Waals surface area contributed by atoms with Crippen molar-refractivity contribution >= 4 is 11.6 Å². The Morgan fingerprint density at radius 2 is 2.16 bits per heavy atom. The number of phenolic OH excluding ortho intramolecular Hbond substituents is 1. The van der Waals surface area contributed by atoms with Crippen LogP contribution in [0.3, 0.4) is 0 Å². The Kier molecular flexibility index (Phi) is 3.39. The summed E-state index contributed by atoms with van der Waals surface area (Å²) in [4.78, 5) is 15.6. The van der Waals surface area contributed by atoms with Crippen LogP contribution in [0.15, 0.2) is 36.5 Å². The van der Waals surface area contributed by atoms with Crippen LogP contribution in [0.4, 0.5) is 10.1 Å². The van der Waals surface area contributed by atoms with Crippen molar-refractivity contribution in [3.8, 4) is 11.8 Å². The molecule has 0 radical (unpaired) electrons. The molecule has 19 heavy (non-hydrogen) atoms. The lowest BCUT2D eigenvalue weighted by Crippen LogP contribution is -2.14. The summed E-state index contributed by atoms with van der Waals surface area (Å²) >= 11 is 0. The van der Waals surface area contributed by atoms with E-state index in [9.17, 15) is 9.18 Å². The zero-order valence-corrected chi connectivity index (χ0v) is 9.59. The number of rotatable bonds is 2. The predicted octanol–water partition coefficient (Wildman–Crippen LogP) is 2.05. The number of aromatic nitrogens is 1. The Hall–Kier alpha value is -2.94. The first-order chi connectivity index (χ1) is 9.10. The summed E-state index contributed by atoms with van der Waals surface area (Å²) in [7, 11) is 0. The van der Waals surface area contributed by atoms with E-state index in [0.717, 1.165) is 6.07 Å². The highest BCUT2D eigenvalue weighted by atomic mass is 19.1. The van der Waals surface area contributed by atoms with Crippen LogP contribution in [0, 0.1) is 17.1 Å². The molecule has 0 aliphatic heterocycles. The van der Waals surface area contributed by atoms with E-state index in [1.165, 1.54) is 30.5 Å². The quantitative estimate of drug-likeness (QED) is 0.806. The SMILES string of the molecule is N#Cc1ccc(C(=O)Nc2ccc(O)cc2F)nc1. The summed E-state index contributed by atoms with van der Waals surface area (Å²) in [6, 6.07) is 8.07. The van der Waals surface area contributed by atoms with Crippen molar-refractivity contribution in [3.63, 3.8) is 0 Å². The highest BCUT2D eigenvalue weighted by Crippen LogP contribution is 2.19. The van der Waals surface area contributed by atoms with Crippen LogP contribution in [0.1, 0.15) is 16.1 Å². The second-order valence-electron chi connectivity index (χ2n) is 3.66. The molecule has 0 saturated carbocycles. The number of aromatic hydroxyl groups is 1. The fourth-order valence-corrected chi connectivity index (χ4v) is 1.39. The normalized spacial score (nSPS) is 9.68. The summed E-state index contributed by atoms with van der Waals surface area (Å²) in [5.41, 5.74) is 0.327. The number of phenols is 1. The molecule has 2 N–H and O–H groups in total. The number of hydrogen-bond donors (Lipinski definition) is 2. The number of hydrogen-bond acceptors (Lipinski definition) is 4. The molecule has 0 unspecified atom stereocenters. The van der Waals surface area contributed by atoms with Crippen molar-refractivity contribution in [2.45, 2.75) is 0 Å². The third kappa shape index (κ3) is 2.84. The van der Waals surface area contributed by atoms with Crippen LogP contribution >= 0.6 is 0 Å². The van der Waals surface area contributed by atoms with E-state index < -0.39 is 11.7 Å². The fourth-order valence-electron chi connectivity index (χ4n) is 1.39. The van der Waals surface area contributed by atoms with Gasteiger partial charge in [-0.1, -0.05) is 0 Å². The van der Waals surface area contributed by atoms with Crippen molar-refractivity contribution in [2.75, 3.05) is 5.32 Å². The molecule has 0 aliphatic carbocycles. The first kappa shape index (κ1) is 12.5. The van der Waals surface area contributed by atoms with E-state index in [1.54, 1.807) is 0 Å². The molecule has 0 aliphatic rings. The molecule has 1 aromatic heterocycles. The first-order valence-corrected chi connectivity index (χ1v) is 5.26. The van der Waals surface area contributed by atoms with Gasteiger partial charge in [-0.15, -0.1) is 0 Å². The van der Waals surface area contributed by atoms with Crippen molar-refractivity contribution in [3.05, 3.63) is 53.6 Å². The third-order valence-electron chi connectivity index (χ3n) is 2.33. The average Bonchev–Trinajstić information content (AvgIpc) is 2.42. The summed E-state index contributed by atoms with van der Waals surface area (Å²) in [5, 5.41) is 20.0. The summed E-state index contributed by atoms with van der Waals surface area (Å²) in [5.74, 6) is -1.58. The monoisotopic (exact) mass is 257 g/mol. The molecule has 2 aromatic rings. The van der Waals surface area contributed by atoms with E-state index in [-0.39, 0.29) is 17.1 Å². The van der Waals surface area contributed by atoms with Crippen molar-refractivity contribution in [1.29, 1.82) is 5.26 Å². The van der Waals surface area contributed by atoms with Crippen LogP contribution in [0.2, 0.25) is 0 Å². The van der Waals surface area contributed by atoms with Crippen molar-refractivity contribution in [1.82, 2.24) is 4.98 Å². The van der Waals surface area contributed by atoms with Gasteiger partial charge in [0.15, 0.2) is 0 Å². The second-order valence-corrected chi connectivity index (χ2v) is 3.66. The zero-order valence-electron chi connectivity index (χ0n) is 9.59. The summed E-state index contributed by atoms with van der Waals surface area (Å²) in [6.07, 6.45) is 1.25. The Labute approximate surface area is 108 Å². The molecular weight excluding hydrogens is 249 g/mol. The van der Waals surface area contributed by atoms with Crippen LogP contribution < -0.4 is 5.32 Å². The Morgan fingerprint density at radius 1 is 1.37 bits per heavy atom. The summed E-state index contributed by atoms with van der Waals surface area (Å²) in [6.45, 7) is 0. The molecule has 0 atom stereocenters. The van der Waals surface area contributed by atoms with Crippen LogP contribution in [0.5, 0.6) is 5.75 Å². The number of anilines is 1. The minimum atomic E-state index is -0.748. The second kappa shape index (κ2) is 5.14. The molecule has 94 valence electrons. The van der Waals surface area contributed by atoms with Gasteiger partial charge in [0.1, 0.15) is 23.3 Å². The van der Waals surface area contributed by atoms with E-state index in [0.29, 0.717) is 5.56 Å². The lowest BCUT2D eigenvalue weighted by atomic mass is 10.2. The molecule has 1 amide bonds. The van der Waals surface area contributed by atoms with Gasteiger partial charge in [-0.3, -0.25) is 4.79 Å². The molecule has 0 bridgehead atoms. The highest BCUT2D eigenvalue weighted by Gasteiger charge is 2.10. The Morgan fingerprint density at radius 3 is 2.74 bits per heavy atom. The van der Waals surface area contributed by atoms with Gasteiger partial charge in [0.05, 0.1) is 11.3 Å². The minimum Gasteiger partial charge on any atom is -0.508 e. The van der Waals surface area contributed by atoms with Gasteiger partial charge in [-0.2, -0.15) is 5.26 Å². The zero-order chi connectivity index (χ0) is 13.8. The van der Waals surface area contributed by atoms with Crippen molar-refractivity contribution in [2.24, 2.45) is 0 Å². The van der Waals surface area contributed by atoms with Crippen LogP contribution in [-0.4, -0.2) is 16.0 Å². The molecule has 0 fully saturated rings. The lowest BCUT2D eigenvalue weighted by Gasteiger charge is -2.06. The summed E-state index contributed by atoms with van der Waals surface area (Å²) < 4.78 is 13.4. The van der Waals surface area contributed by atoms with E-state index >= 15 is 0 Å². The molecule has 1 heterocycles. The third-order valence-corrected chi connectivity index (χ3v) is 2.33. The maximum Gasteiger partial charge on any atom is 0.274 e. The van der Waals surface area contributed by atoms with Gasteiger partial charge in [-0.05, 0) is 24.3 Å². The van der Waals surface area contributed by atoms with Gasteiger partial charge in [0.2, 0.25) is 0 Å². The Balaban J connectivity index is 2.18. The molecule has 0 spiro atoms. The number of halogens is 1. The van der Waals surface area contributed by atoms with E-state index in [2.05, 4.69) is 10.3 Å². The van der Waals surface area contributed by atoms with Crippen LogP contribution in [0.25, 0.3) is 0 Å². The predicted molar refractivity (Wildman–Crippen MR) is 65.0 cm³/mol. The number of amides is 1. The Bertz CT molecular complexity index is 663. The van der Waals surface area contributed by atoms with E-state index in [1.807, 2.05) is 6.07 Å². The number of benzene rings is 1.